The van der Waals surface area contributed by atoms with E-state index in [4.69, 9.17) is 0 Å². The van der Waals surface area contributed by atoms with Crippen molar-refractivity contribution >= 4 is 0 Å². The molecule has 92 valence electrons. The third-order valence-corrected chi connectivity index (χ3v) is 2.41. The Morgan fingerprint density at radius 1 is 0.933 bits per heavy atom. The van der Waals surface area contributed by atoms with Gasteiger partial charge >= 0.3 is 12.4 Å². The second kappa shape index (κ2) is 5.07. The third-order valence-electron chi connectivity index (χ3n) is 2.41. The van der Waals surface area contributed by atoms with Crippen molar-refractivity contribution < 1.29 is 26.3 Å². The van der Waals surface area contributed by atoms with Crippen molar-refractivity contribution in [1.82, 2.24) is 0 Å². The molecular weight excluding hydrogens is 222 g/mol. The molecule has 0 aromatic rings. The minimum Gasteiger partial charge on any atom is -0.171 e. The first-order valence-electron chi connectivity index (χ1n) is 4.74. The predicted molar refractivity (Wildman–Crippen MR) is 44.3 cm³/mol. The molecule has 0 aliphatic heterocycles. The van der Waals surface area contributed by atoms with Gasteiger partial charge in [0.05, 0.1) is 11.8 Å². The molecular formula is C9H14F6. The molecule has 0 aromatic carbocycles. The standard InChI is InChI=1S/C9H14F6/c1-3-4-5-7(9(13,14)15)6(2)8(10,11)12/h6-7H,3-5H2,1-2H3. The van der Waals surface area contributed by atoms with Crippen molar-refractivity contribution in [1.29, 1.82) is 0 Å². The van der Waals surface area contributed by atoms with Crippen LogP contribution in [0.15, 0.2) is 0 Å². The first-order chi connectivity index (χ1) is 6.60. The molecule has 0 spiro atoms. The highest BCUT2D eigenvalue weighted by Crippen LogP contribution is 2.42. The SMILES string of the molecule is CCCCC(C(C)C(F)(F)F)C(F)(F)F. The van der Waals surface area contributed by atoms with Gasteiger partial charge in [-0.15, -0.1) is 0 Å². The molecule has 0 aromatic heterocycles. The van der Waals surface area contributed by atoms with Crippen molar-refractivity contribution in [3.05, 3.63) is 0 Å². The van der Waals surface area contributed by atoms with E-state index in [0.717, 1.165) is 0 Å². The molecule has 6 heteroatoms. The van der Waals surface area contributed by atoms with Crippen LogP contribution >= 0.6 is 0 Å². The maximum absolute atomic E-state index is 12.3. The topological polar surface area (TPSA) is 0 Å². The fourth-order valence-corrected chi connectivity index (χ4v) is 1.35. The Balaban J connectivity index is 4.64. The van der Waals surface area contributed by atoms with Gasteiger partial charge in [0.1, 0.15) is 0 Å². The Kier molecular flexibility index (Phi) is 4.93. The first kappa shape index (κ1) is 14.6. The van der Waals surface area contributed by atoms with Crippen LogP contribution in [0.1, 0.15) is 33.1 Å². The van der Waals surface area contributed by atoms with Gasteiger partial charge in [0.2, 0.25) is 0 Å². The van der Waals surface area contributed by atoms with E-state index in [1.54, 1.807) is 6.92 Å². The zero-order chi connectivity index (χ0) is 12.3. The zero-order valence-corrected chi connectivity index (χ0v) is 8.54. The summed E-state index contributed by atoms with van der Waals surface area (Å²) in [6, 6.07) is 0. The number of alkyl halides is 6. The van der Waals surface area contributed by atoms with Crippen molar-refractivity contribution in [2.45, 2.75) is 45.5 Å². The number of hydrogen-bond donors (Lipinski definition) is 0. The van der Waals surface area contributed by atoms with Gasteiger partial charge in [-0.1, -0.05) is 26.7 Å². The van der Waals surface area contributed by atoms with Crippen LogP contribution in [0.4, 0.5) is 26.3 Å². The van der Waals surface area contributed by atoms with Gasteiger partial charge in [-0.3, -0.25) is 0 Å². The molecule has 0 rings (SSSR count). The molecule has 0 aliphatic carbocycles. The Hall–Kier alpha value is -0.420. The van der Waals surface area contributed by atoms with Crippen LogP contribution in [0.25, 0.3) is 0 Å². The number of unbranched alkanes of at least 4 members (excludes halogenated alkanes) is 1. The second-order valence-electron chi connectivity index (χ2n) is 3.62. The van der Waals surface area contributed by atoms with Crippen molar-refractivity contribution in [3.8, 4) is 0 Å². The molecule has 0 bridgehead atoms. The van der Waals surface area contributed by atoms with Crippen LogP contribution in [-0.4, -0.2) is 12.4 Å². The van der Waals surface area contributed by atoms with E-state index in [2.05, 4.69) is 0 Å². The first-order valence-corrected chi connectivity index (χ1v) is 4.74. The van der Waals surface area contributed by atoms with Crippen LogP contribution in [0.2, 0.25) is 0 Å². The van der Waals surface area contributed by atoms with E-state index >= 15 is 0 Å². The minimum atomic E-state index is -4.78. The van der Waals surface area contributed by atoms with Gasteiger partial charge in [0.25, 0.3) is 0 Å². The fraction of sp³-hybridized carbons (Fsp3) is 1.00. The van der Waals surface area contributed by atoms with Crippen LogP contribution in [-0.2, 0) is 0 Å². The normalized spacial score (nSPS) is 17.6. The summed E-state index contributed by atoms with van der Waals surface area (Å²) in [5.41, 5.74) is 0. The van der Waals surface area contributed by atoms with E-state index in [1.165, 1.54) is 0 Å². The molecule has 0 fully saturated rings. The van der Waals surface area contributed by atoms with Gasteiger partial charge in [0.15, 0.2) is 0 Å². The van der Waals surface area contributed by atoms with E-state index in [-0.39, 0.29) is 6.42 Å². The molecule has 0 heterocycles. The van der Waals surface area contributed by atoms with E-state index in [0.29, 0.717) is 13.3 Å². The molecule has 2 atom stereocenters. The summed E-state index contributed by atoms with van der Waals surface area (Å²) in [4.78, 5) is 0. The molecule has 2 unspecified atom stereocenters. The van der Waals surface area contributed by atoms with Crippen molar-refractivity contribution in [2.24, 2.45) is 11.8 Å². The van der Waals surface area contributed by atoms with E-state index in [1.807, 2.05) is 0 Å². The van der Waals surface area contributed by atoms with Crippen LogP contribution < -0.4 is 0 Å². The highest BCUT2D eigenvalue weighted by Gasteiger charge is 2.51. The quantitative estimate of drug-likeness (QED) is 0.628. The molecule has 0 saturated heterocycles. The molecule has 0 amide bonds. The summed E-state index contributed by atoms with van der Waals surface area (Å²) in [5.74, 6) is -4.61. The molecule has 0 N–H and O–H groups in total. The molecule has 0 nitrogen and oxygen atoms in total. The van der Waals surface area contributed by atoms with Crippen molar-refractivity contribution in [3.63, 3.8) is 0 Å². The summed E-state index contributed by atoms with van der Waals surface area (Å²) < 4.78 is 73.4. The lowest BCUT2D eigenvalue weighted by atomic mass is 9.88. The number of hydrogen-bond acceptors (Lipinski definition) is 0. The average molecular weight is 236 g/mol. The highest BCUT2D eigenvalue weighted by atomic mass is 19.4. The van der Waals surface area contributed by atoms with E-state index < -0.39 is 30.6 Å². The lowest BCUT2D eigenvalue weighted by Crippen LogP contribution is -2.37. The highest BCUT2D eigenvalue weighted by molar-refractivity contribution is 4.78. The number of rotatable bonds is 4. The fourth-order valence-electron chi connectivity index (χ4n) is 1.35. The Labute approximate surface area is 84.7 Å². The Morgan fingerprint density at radius 2 is 1.40 bits per heavy atom. The number of halogens is 6. The largest absolute Gasteiger partial charge is 0.392 e. The summed E-state index contributed by atoms with van der Waals surface area (Å²) in [6.45, 7) is 2.24. The Bertz CT molecular complexity index is 180. The third kappa shape index (κ3) is 4.75. The van der Waals surface area contributed by atoms with Gasteiger partial charge in [0, 0.05) is 0 Å². The monoisotopic (exact) mass is 236 g/mol. The maximum atomic E-state index is 12.3. The molecule has 15 heavy (non-hydrogen) atoms. The second-order valence-corrected chi connectivity index (χ2v) is 3.62. The summed E-state index contributed by atoms with van der Waals surface area (Å²) in [5, 5.41) is 0. The van der Waals surface area contributed by atoms with Gasteiger partial charge in [-0.05, 0) is 6.42 Å². The summed E-state index contributed by atoms with van der Waals surface area (Å²) in [7, 11) is 0. The lowest BCUT2D eigenvalue weighted by molar-refractivity contribution is -0.251. The van der Waals surface area contributed by atoms with Crippen molar-refractivity contribution in [2.75, 3.05) is 0 Å². The smallest absolute Gasteiger partial charge is 0.171 e. The van der Waals surface area contributed by atoms with Crippen LogP contribution in [0.3, 0.4) is 0 Å². The van der Waals surface area contributed by atoms with Gasteiger partial charge < -0.3 is 0 Å². The van der Waals surface area contributed by atoms with Crippen LogP contribution in [0.5, 0.6) is 0 Å². The predicted octanol–water partition coefficient (Wildman–Crippen LogP) is 4.55. The maximum Gasteiger partial charge on any atom is 0.392 e. The lowest BCUT2D eigenvalue weighted by Gasteiger charge is -2.27. The molecule has 0 aliphatic rings. The zero-order valence-electron chi connectivity index (χ0n) is 8.54. The van der Waals surface area contributed by atoms with Crippen LogP contribution in [0, 0.1) is 11.8 Å². The molecule has 0 saturated carbocycles. The summed E-state index contributed by atoms with van der Waals surface area (Å²) in [6.07, 6.45) is -9.40. The summed E-state index contributed by atoms with van der Waals surface area (Å²) >= 11 is 0. The van der Waals surface area contributed by atoms with Gasteiger partial charge in [-0.2, -0.15) is 26.3 Å². The van der Waals surface area contributed by atoms with Gasteiger partial charge in [-0.25, -0.2) is 0 Å². The Morgan fingerprint density at radius 3 is 1.67 bits per heavy atom. The van der Waals surface area contributed by atoms with E-state index in [9.17, 15) is 26.3 Å². The average Bonchev–Trinajstić information content (AvgIpc) is 2.00. The minimum absolute atomic E-state index is 0.157. The molecule has 0 radical (unpaired) electrons.